The Kier molecular flexibility index (Phi) is 9.18. The molecule has 0 fully saturated rings. The van der Waals surface area contributed by atoms with Crippen molar-refractivity contribution in [3.63, 3.8) is 0 Å². The predicted octanol–water partition coefficient (Wildman–Crippen LogP) is 2.56. The monoisotopic (exact) mass is 323 g/mol. The Labute approximate surface area is 138 Å². The summed E-state index contributed by atoms with van der Waals surface area (Å²) in [5.74, 6) is 1.53. The minimum atomic E-state index is 0.474. The molecule has 0 aliphatic heterocycles. The topological polar surface area (TPSA) is 54.9 Å². The van der Waals surface area contributed by atoms with Crippen LogP contribution in [0.4, 0.5) is 0 Å². The summed E-state index contributed by atoms with van der Waals surface area (Å²) >= 11 is 5.06. The zero-order valence-electron chi connectivity index (χ0n) is 13.5. The van der Waals surface area contributed by atoms with E-state index in [2.05, 4.69) is 29.7 Å². The summed E-state index contributed by atoms with van der Waals surface area (Å²) < 4.78 is 10.6. The van der Waals surface area contributed by atoms with Crippen LogP contribution in [0.15, 0.2) is 29.4 Å². The van der Waals surface area contributed by atoms with Crippen molar-refractivity contribution in [3.8, 4) is 5.75 Å². The molecule has 0 bridgehead atoms. The molecule has 122 valence electrons. The smallest absolute Gasteiger partial charge is 0.187 e. The molecule has 0 saturated carbocycles. The van der Waals surface area contributed by atoms with Crippen LogP contribution in [0.25, 0.3) is 0 Å². The Hall–Kier alpha value is -1.66. The Bertz CT molecular complexity index is 461. The molecule has 5 nitrogen and oxygen atoms in total. The number of methoxy groups -OCH3 is 1. The van der Waals surface area contributed by atoms with E-state index in [9.17, 15) is 0 Å². The average molecular weight is 323 g/mol. The molecule has 0 atom stereocenters. The molecule has 0 aliphatic carbocycles. The minimum absolute atomic E-state index is 0.474. The second-order valence-electron chi connectivity index (χ2n) is 5.22. The molecule has 0 aliphatic rings. The van der Waals surface area contributed by atoms with Gasteiger partial charge in [0.05, 0.1) is 19.4 Å². The van der Waals surface area contributed by atoms with E-state index in [1.54, 1.807) is 13.3 Å². The standard InChI is InChI=1S/C16H25N3O2S/c1-13(2)8-10-21-15-6-4-14(5-7-15)12-18-19-16(22)17-9-11-20-3/h4-7,12-13H,8-11H2,1-3H3,(H2,17,19,22)/b18-12-. The second-order valence-corrected chi connectivity index (χ2v) is 5.63. The molecule has 1 aromatic rings. The van der Waals surface area contributed by atoms with Gasteiger partial charge < -0.3 is 14.8 Å². The lowest BCUT2D eigenvalue weighted by Crippen LogP contribution is -2.34. The summed E-state index contributed by atoms with van der Waals surface area (Å²) in [7, 11) is 1.65. The van der Waals surface area contributed by atoms with Gasteiger partial charge in [0.1, 0.15) is 5.75 Å². The molecule has 0 spiro atoms. The van der Waals surface area contributed by atoms with Crippen LogP contribution in [0.1, 0.15) is 25.8 Å². The number of hydrogen-bond donors (Lipinski definition) is 2. The van der Waals surface area contributed by atoms with Gasteiger partial charge in [0.2, 0.25) is 0 Å². The first kappa shape index (κ1) is 18.4. The fourth-order valence-electron chi connectivity index (χ4n) is 1.53. The Balaban J connectivity index is 2.31. The summed E-state index contributed by atoms with van der Waals surface area (Å²) in [5, 5.41) is 7.52. The molecule has 0 aromatic heterocycles. The number of hydrogen-bond acceptors (Lipinski definition) is 4. The van der Waals surface area contributed by atoms with Crippen molar-refractivity contribution in [3.05, 3.63) is 29.8 Å². The van der Waals surface area contributed by atoms with Gasteiger partial charge in [-0.25, -0.2) is 0 Å². The molecule has 0 saturated heterocycles. The molecule has 1 rings (SSSR count). The maximum atomic E-state index is 5.67. The highest BCUT2D eigenvalue weighted by atomic mass is 32.1. The Morgan fingerprint density at radius 1 is 1.27 bits per heavy atom. The molecular weight excluding hydrogens is 298 g/mol. The fraction of sp³-hybridized carbons (Fsp3) is 0.500. The third-order valence-corrected chi connectivity index (χ3v) is 3.05. The third-order valence-electron chi connectivity index (χ3n) is 2.82. The number of nitrogens with one attached hydrogen (secondary N) is 2. The van der Waals surface area contributed by atoms with Gasteiger partial charge in [-0.1, -0.05) is 13.8 Å². The summed E-state index contributed by atoms with van der Waals surface area (Å²) in [6, 6.07) is 7.79. The van der Waals surface area contributed by atoms with Crippen LogP contribution in [-0.2, 0) is 4.74 Å². The third kappa shape index (κ3) is 8.59. The van der Waals surface area contributed by atoms with Crippen molar-refractivity contribution in [2.45, 2.75) is 20.3 Å². The largest absolute Gasteiger partial charge is 0.494 e. The van der Waals surface area contributed by atoms with E-state index in [1.165, 1.54) is 0 Å². The van der Waals surface area contributed by atoms with Crippen LogP contribution in [0.2, 0.25) is 0 Å². The lowest BCUT2D eigenvalue weighted by Gasteiger charge is -2.08. The maximum absolute atomic E-state index is 5.67. The summed E-state index contributed by atoms with van der Waals surface area (Å²) in [5.41, 5.74) is 3.73. The minimum Gasteiger partial charge on any atom is -0.494 e. The number of rotatable bonds is 9. The van der Waals surface area contributed by atoms with E-state index in [-0.39, 0.29) is 0 Å². The van der Waals surface area contributed by atoms with Gasteiger partial charge in [-0.2, -0.15) is 5.10 Å². The van der Waals surface area contributed by atoms with Crippen LogP contribution in [0.3, 0.4) is 0 Å². The lowest BCUT2D eigenvalue weighted by atomic mass is 10.1. The quantitative estimate of drug-likeness (QED) is 0.317. The normalized spacial score (nSPS) is 10.9. The molecule has 0 heterocycles. The van der Waals surface area contributed by atoms with Gasteiger partial charge in [-0.15, -0.1) is 0 Å². The predicted molar refractivity (Wildman–Crippen MR) is 94.6 cm³/mol. The summed E-state index contributed by atoms with van der Waals surface area (Å²) in [6.45, 7) is 6.37. The van der Waals surface area contributed by atoms with Gasteiger partial charge in [-0.05, 0) is 54.4 Å². The van der Waals surface area contributed by atoms with Gasteiger partial charge in [0, 0.05) is 13.7 Å². The molecule has 22 heavy (non-hydrogen) atoms. The first-order chi connectivity index (χ1) is 10.6. The summed E-state index contributed by atoms with van der Waals surface area (Å²) in [6.07, 6.45) is 2.77. The lowest BCUT2D eigenvalue weighted by molar-refractivity contribution is 0.204. The van der Waals surface area contributed by atoms with Crippen LogP contribution in [-0.4, -0.2) is 38.2 Å². The highest BCUT2D eigenvalue weighted by Crippen LogP contribution is 2.12. The van der Waals surface area contributed by atoms with Crippen LogP contribution in [0.5, 0.6) is 5.75 Å². The van der Waals surface area contributed by atoms with E-state index >= 15 is 0 Å². The van der Waals surface area contributed by atoms with Crippen molar-refractivity contribution in [1.82, 2.24) is 10.7 Å². The van der Waals surface area contributed by atoms with E-state index in [4.69, 9.17) is 21.7 Å². The number of thiocarbonyl (C=S) groups is 1. The van der Waals surface area contributed by atoms with Gasteiger partial charge >= 0.3 is 0 Å². The zero-order chi connectivity index (χ0) is 16.2. The van der Waals surface area contributed by atoms with Gasteiger partial charge in [-0.3, -0.25) is 5.43 Å². The zero-order valence-corrected chi connectivity index (χ0v) is 14.3. The first-order valence-electron chi connectivity index (χ1n) is 7.40. The van der Waals surface area contributed by atoms with Gasteiger partial charge in [0.25, 0.3) is 0 Å². The molecule has 0 unspecified atom stereocenters. The van der Waals surface area contributed by atoms with Crippen molar-refractivity contribution in [2.24, 2.45) is 11.0 Å². The molecule has 1 aromatic carbocycles. The Morgan fingerprint density at radius 3 is 2.64 bits per heavy atom. The molecular formula is C16H25N3O2S. The van der Waals surface area contributed by atoms with Crippen molar-refractivity contribution < 1.29 is 9.47 Å². The SMILES string of the molecule is COCCNC(=S)N/N=C\c1ccc(OCCC(C)C)cc1. The van der Waals surface area contributed by atoms with Crippen molar-refractivity contribution >= 4 is 23.5 Å². The van der Waals surface area contributed by atoms with Crippen LogP contribution in [0, 0.1) is 5.92 Å². The number of benzene rings is 1. The maximum Gasteiger partial charge on any atom is 0.187 e. The van der Waals surface area contributed by atoms with Crippen molar-refractivity contribution in [1.29, 1.82) is 0 Å². The second kappa shape index (κ2) is 11.0. The Morgan fingerprint density at radius 2 is 2.00 bits per heavy atom. The van der Waals surface area contributed by atoms with E-state index in [1.807, 2.05) is 24.3 Å². The van der Waals surface area contributed by atoms with E-state index in [0.717, 1.165) is 24.3 Å². The average Bonchev–Trinajstić information content (AvgIpc) is 2.49. The number of nitrogens with zero attached hydrogens (tertiary/aromatic N) is 1. The number of ether oxygens (including phenoxy) is 2. The van der Waals surface area contributed by atoms with Crippen LogP contribution < -0.4 is 15.5 Å². The molecule has 6 heteroatoms. The number of hydrazone groups is 1. The van der Waals surface area contributed by atoms with Crippen LogP contribution >= 0.6 is 12.2 Å². The highest BCUT2D eigenvalue weighted by molar-refractivity contribution is 7.80. The van der Waals surface area contributed by atoms with E-state index in [0.29, 0.717) is 24.2 Å². The fourth-order valence-corrected chi connectivity index (χ4v) is 1.69. The first-order valence-corrected chi connectivity index (χ1v) is 7.81. The molecule has 0 amide bonds. The molecule has 0 radical (unpaired) electrons. The highest BCUT2D eigenvalue weighted by Gasteiger charge is 1.97. The van der Waals surface area contributed by atoms with Crippen molar-refractivity contribution in [2.75, 3.05) is 26.9 Å². The summed E-state index contributed by atoms with van der Waals surface area (Å²) in [4.78, 5) is 0. The van der Waals surface area contributed by atoms with E-state index < -0.39 is 0 Å². The van der Waals surface area contributed by atoms with Gasteiger partial charge in [0.15, 0.2) is 5.11 Å². The molecule has 2 N–H and O–H groups in total.